The van der Waals surface area contributed by atoms with Crippen LogP contribution in [0.2, 0.25) is 0 Å². The van der Waals surface area contributed by atoms with Gasteiger partial charge < -0.3 is 5.11 Å². The first-order valence-corrected chi connectivity index (χ1v) is 4.17. The second-order valence-corrected chi connectivity index (χ2v) is 3.11. The molecule has 0 aliphatic rings. The number of pyridine rings is 1. The third-order valence-corrected chi connectivity index (χ3v) is 2.08. The molecule has 16 heavy (non-hydrogen) atoms. The molecule has 2 rings (SSSR count). The number of aromatic nitrogens is 2. The molecular weight excluding hydrogens is 225 g/mol. The smallest absolute Gasteiger partial charge is 0.416 e. The standard InChI is InChI=1S/C9H5F3N2O2/c10-9(11,12)5-1-2-14-7(3-5)6(4-13-14)8(15)16/h1-4H,(H,15,16). The molecule has 0 saturated heterocycles. The van der Waals surface area contributed by atoms with Gasteiger partial charge in [0, 0.05) is 6.20 Å². The number of rotatable bonds is 1. The number of hydrogen-bond donors (Lipinski definition) is 1. The molecule has 0 bridgehead atoms. The molecule has 0 aliphatic heterocycles. The van der Waals surface area contributed by atoms with Gasteiger partial charge in [-0.25, -0.2) is 9.31 Å². The summed E-state index contributed by atoms with van der Waals surface area (Å²) in [5.74, 6) is -1.31. The van der Waals surface area contributed by atoms with E-state index in [4.69, 9.17) is 5.11 Å². The maximum Gasteiger partial charge on any atom is 0.416 e. The number of carboxylic acids is 1. The van der Waals surface area contributed by atoms with Crippen molar-refractivity contribution in [3.8, 4) is 0 Å². The summed E-state index contributed by atoms with van der Waals surface area (Å²) in [6.07, 6.45) is -2.41. The first-order chi connectivity index (χ1) is 7.39. The quantitative estimate of drug-likeness (QED) is 0.815. The second kappa shape index (κ2) is 3.22. The van der Waals surface area contributed by atoms with Gasteiger partial charge in [0.25, 0.3) is 0 Å². The van der Waals surface area contributed by atoms with Crippen molar-refractivity contribution in [3.63, 3.8) is 0 Å². The number of nitrogens with zero attached hydrogens (tertiary/aromatic N) is 2. The predicted octanol–water partition coefficient (Wildman–Crippen LogP) is 2.05. The highest BCUT2D eigenvalue weighted by Gasteiger charge is 2.31. The zero-order chi connectivity index (χ0) is 11.9. The normalized spacial score (nSPS) is 11.9. The molecule has 0 saturated carbocycles. The SMILES string of the molecule is O=C(O)c1cnn2ccc(C(F)(F)F)cc12. The first-order valence-electron chi connectivity index (χ1n) is 4.17. The van der Waals surface area contributed by atoms with Gasteiger partial charge in [-0.15, -0.1) is 0 Å². The summed E-state index contributed by atoms with van der Waals surface area (Å²) < 4.78 is 38.2. The van der Waals surface area contributed by atoms with Gasteiger partial charge in [-0.1, -0.05) is 0 Å². The van der Waals surface area contributed by atoms with E-state index in [9.17, 15) is 18.0 Å². The average Bonchev–Trinajstić information content (AvgIpc) is 2.58. The molecule has 84 valence electrons. The Bertz CT molecular complexity index is 559. The van der Waals surface area contributed by atoms with E-state index in [0.717, 1.165) is 29.0 Å². The molecule has 0 amide bonds. The topological polar surface area (TPSA) is 54.6 Å². The van der Waals surface area contributed by atoms with E-state index < -0.39 is 17.7 Å². The van der Waals surface area contributed by atoms with E-state index in [1.807, 2.05) is 0 Å². The highest BCUT2D eigenvalue weighted by Crippen LogP contribution is 2.30. The van der Waals surface area contributed by atoms with Crippen LogP contribution in [0.5, 0.6) is 0 Å². The van der Waals surface area contributed by atoms with Crippen molar-refractivity contribution >= 4 is 11.5 Å². The van der Waals surface area contributed by atoms with Crippen molar-refractivity contribution in [3.05, 3.63) is 35.7 Å². The number of halogens is 3. The summed E-state index contributed by atoms with van der Waals surface area (Å²) in [5.41, 5.74) is -1.24. The number of hydrogen-bond acceptors (Lipinski definition) is 2. The zero-order valence-corrected chi connectivity index (χ0v) is 7.69. The molecule has 2 aromatic heterocycles. The summed E-state index contributed by atoms with van der Waals surface area (Å²) >= 11 is 0. The lowest BCUT2D eigenvalue weighted by Gasteiger charge is -2.06. The monoisotopic (exact) mass is 230 g/mol. The van der Waals surface area contributed by atoms with E-state index in [0.29, 0.717) is 0 Å². The van der Waals surface area contributed by atoms with Gasteiger partial charge in [0.15, 0.2) is 0 Å². The third-order valence-electron chi connectivity index (χ3n) is 2.08. The first kappa shape index (κ1) is 10.5. The van der Waals surface area contributed by atoms with Crippen molar-refractivity contribution in [1.29, 1.82) is 0 Å². The molecule has 7 heteroatoms. The minimum absolute atomic E-state index is 0.0812. The molecule has 0 unspecified atom stereocenters. The average molecular weight is 230 g/mol. The van der Waals surface area contributed by atoms with Crippen LogP contribution in [0, 0.1) is 0 Å². The molecule has 0 aromatic carbocycles. The Hall–Kier alpha value is -2.05. The minimum atomic E-state index is -4.50. The molecular formula is C9H5F3N2O2. The molecule has 0 atom stereocenters. The van der Waals surface area contributed by atoms with Crippen molar-refractivity contribution in [2.45, 2.75) is 6.18 Å². The molecule has 1 N–H and O–H groups in total. The summed E-state index contributed by atoms with van der Waals surface area (Å²) in [4.78, 5) is 10.7. The van der Waals surface area contributed by atoms with Crippen molar-refractivity contribution in [2.75, 3.05) is 0 Å². The van der Waals surface area contributed by atoms with Crippen LogP contribution in [0.1, 0.15) is 15.9 Å². The van der Waals surface area contributed by atoms with E-state index in [1.54, 1.807) is 0 Å². The van der Waals surface area contributed by atoms with Gasteiger partial charge in [0.05, 0.1) is 17.3 Å². The Labute approximate surface area is 86.9 Å². The van der Waals surface area contributed by atoms with Crippen molar-refractivity contribution in [1.82, 2.24) is 9.61 Å². The predicted molar refractivity (Wildman–Crippen MR) is 47.2 cm³/mol. The van der Waals surface area contributed by atoms with E-state index >= 15 is 0 Å². The second-order valence-electron chi connectivity index (χ2n) is 3.11. The zero-order valence-electron chi connectivity index (χ0n) is 7.69. The Morgan fingerprint density at radius 2 is 2.12 bits per heavy atom. The highest BCUT2D eigenvalue weighted by molar-refractivity contribution is 5.95. The van der Waals surface area contributed by atoms with Gasteiger partial charge >= 0.3 is 12.1 Å². The van der Waals surface area contributed by atoms with Crippen LogP contribution >= 0.6 is 0 Å². The summed E-state index contributed by atoms with van der Waals surface area (Å²) in [5, 5.41) is 12.4. The molecule has 0 radical (unpaired) electrons. The van der Waals surface area contributed by atoms with Crippen molar-refractivity contribution in [2.24, 2.45) is 0 Å². The van der Waals surface area contributed by atoms with Crippen LogP contribution in [0.4, 0.5) is 13.2 Å². The lowest BCUT2D eigenvalue weighted by molar-refractivity contribution is -0.137. The van der Waals surface area contributed by atoms with E-state index in [1.165, 1.54) is 0 Å². The highest BCUT2D eigenvalue weighted by atomic mass is 19.4. The lowest BCUT2D eigenvalue weighted by atomic mass is 10.2. The Kier molecular flexibility index (Phi) is 2.11. The van der Waals surface area contributed by atoms with Gasteiger partial charge in [0.2, 0.25) is 0 Å². The number of fused-ring (bicyclic) bond motifs is 1. The van der Waals surface area contributed by atoms with Crippen molar-refractivity contribution < 1.29 is 23.1 Å². The fourth-order valence-corrected chi connectivity index (χ4v) is 1.32. The van der Waals surface area contributed by atoms with Crippen LogP contribution < -0.4 is 0 Å². The minimum Gasteiger partial charge on any atom is -0.478 e. The number of aromatic carboxylic acids is 1. The molecule has 0 aliphatic carbocycles. The number of carboxylic acid groups (broad SMARTS) is 1. The fraction of sp³-hybridized carbons (Fsp3) is 0.111. The number of carbonyl (C=O) groups is 1. The molecule has 4 nitrogen and oxygen atoms in total. The van der Waals surface area contributed by atoms with Crippen LogP contribution in [-0.4, -0.2) is 20.7 Å². The summed E-state index contributed by atoms with van der Waals surface area (Å²) in [6.45, 7) is 0. The van der Waals surface area contributed by atoms with Gasteiger partial charge in [0.1, 0.15) is 5.56 Å². The van der Waals surface area contributed by atoms with Crippen LogP contribution in [0.15, 0.2) is 24.5 Å². The number of alkyl halides is 3. The van der Waals surface area contributed by atoms with Crippen LogP contribution in [0.3, 0.4) is 0 Å². The van der Waals surface area contributed by atoms with Gasteiger partial charge in [-0.2, -0.15) is 18.3 Å². The van der Waals surface area contributed by atoms with E-state index in [-0.39, 0.29) is 11.1 Å². The molecule has 2 heterocycles. The third kappa shape index (κ3) is 1.60. The van der Waals surface area contributed by atoms with E-state index in [2.05, 4.69) is 5.10 Å². The van der Waals surface area contributed by atoms with Gasteiger partial charge in [-0.05, 0) is 12.1 Å². The molecule has 2 aromatic rings. The molecule has 0 fully saturated rings. The van der Waals surface area contributed by atoms with Crippen LogP contribution in [-0.2, 0) is 6.18 Å². The maximum absolute atomic E-state index is 12.4. The Morgan fingerprint density at radius 3 is 2.69 bits per heavy atom. The summed E-state index contributed by atoms with van der Waals surface area (Å²) in [6, 6.07) is 1.60. The van der Waals surface area contributed by atoms with Gasteiger partial charge in [-0.3, -0.25) is 0 Å². The summed E-state index contributed by atoms with van der Waals surface area (Å²) in [7, 11) is 0. The Balaban J connectivity index is 2.68. The lowest BCUT2D eigenvalue weighted by Crippen LogP contribution is -2.06. The molecule has 0 spiro atoms. The fourth-order valence-electron chi connectivity index (χ4n) is 1.32. The van der Waals surface area contributed by atoms with Crippen LogP contribution in [0.25, 0.3) is 5.52 Å². The Morgan fingerprint density at radius 1 is 1.44 bits per heavy atom. The maximum atomic E-state index is 12.4. The largest absolute Gasteiger partial charge is 0.478 e.